The number of benzene rings is 6. The van der Waals surface area contributed by atoms with Gasteiger partial charge in [-0.2, -0.15) is 0 Å². The highest BCUT2D eigenvalue weighted by Crippen LogP contribution is 2.39. The van der Waals surface area contributed by atoms with E-state index >= 15 is 0 Å². The van der Waals surface area contributed by atoms with E-state index in [-0.39, 0.29) is 18.5 Å². The highest BCUT2D eigenvalue weighted by atomic mass is 32.1. The summed E-state index contributed by atoms with van der Waals surface area (Å²) in [5, 5.41) is 18.1. The van der Waals surface area contributed by atoms with Crippen molar-refractivity contribution in [2.45, 2.75) is 44.2 Å². The summed E-state index contributed by atoms with van der Waals surface area (Å²) in [6, 6.07) is 50.6. The van der Waals surface area contributed by atoms with Crippen molar-refractivity contribution in [2.24, 2.45) is 0 Å². The molecule has 1 saturated heterocycles. The second kappa shape index (κ2) is 13.3. The first-order chi connectivity index (χ1) is 28.2. The summed E-state index contributed by atoms with van der Waals surface area (Å²) in [6.45, 7) is 0. The Morgan fingerprint density at radius 3 is 2.18 bits per heavy atom. The van der Waals surface area contributed by atoms with Crippen LogP contribution in [0.15, 0.2) is 150 Å². The monoisotopic (exact) mass is 756 g/mol. The molecular weight excluding hydrogens is 717 g/mol. The number of nitrogens with one attached hydrogen (secondary N) is 3. The van der Waals surface area contributed by atoms with E-state index < -0.39 is 0 Å². The highest BCUT2D eigenvalue weighted by molar-refractivity contribution is 7.17. The molecule has 1 fully saturated rings. The fourth-order valence-corrected chi connectivity index (χ4v) is 11.1. The van der Waals surface area contributed by atoms with E-state index in [1.54, 1.807) is 0 Å². The third-order valence-corrected chi connectivity index (χ3v) is 13.6. The third kappa shape index (κ3) is 5.40. The SMILES string of the molecule is C1=Cc2c(c3ccccc3n2-c2ccc3c(c2)oc2ccc(-c4cccc5c6c(sc45)=C(C4NC(c5ccccc5)NC(c5ccccc5)N4)CCC=6)cc23)CC1. The summed E-state index contributed by atoms with van der Waals surface area (Å²) in [5.74, 6) is 0. The molecule has 9 aromatic rings. The molecule has 3 aliphatic rings. The van der Waals surface area contributed by atoms with Crippen LogP contribution in [0.1, 0.15) is 54.0 Å². The Morgan fingerprint density at radius 1 is 0.596 bits per heavy atom. The lowest BCUT2D eigenvalue weighted by Gasteiger charge is -2.40. The normalized spacial score (nSPS) is 19.3. The Morgan fingerprint density at radius 2 is 1.35 bits per heavy atom. The largest absolute Gasteiger partial charge is 0.456 e. The van der Waals surface area contributed by atoms with Gasteiger partial charge in [0.15, 0.2) is 0 Å². The van der Waals surface area contributed by atoms with Gasteiger partial charge >= 0.3 is 0 Å². The van der Waals surface area contributed by atoms with Gasteiger partial charge in [-0.05, 0) is 101 Å². The van der Waals surface area contributed by atoms with Crippen LogP contribution in [0, 0.1) is 0 Å². The molecule has 0 bridgehead atoms. The zero-order valence-electron chi connectivity index (χ0n) is 31.3. The first kappa shape index (κ1) is 33.2. The van der Waals surface area contributed by atoms with Crippen LogP contribution >= 0.6 is 11.3 Å². The zero-order chi connectivity index (χ0) is 37.5. The van der Waals surface area contributed by atoms with Crippen molar-refractivity contribution in [3.63, 3.8) is 0 Å². The molecule has 5 nitrogen and oxygen atoms in total. The minimum Gasteiger partial charge on any atom is -0.456 e. The summed E-state index contributed by atoms with van der Waals surface area (Å²) in [5.41, 5.74) is 13.3. The molecule has 2 atom stereocenters. The molecule has 0 radical (unpaired) electrons. The molecule has 4 heterocycles. The van der Waals surface area contributed by atoms with E-state index in [0.717, 1.165) is 53.3 Å². The van der Waals surface area contributed by atoms with Crippen LogP contribution in [0.4, 0.5) is 0 Å². The Bertz CT molecular complexity index is 3140. The van der Waals surface area contributed by atoms with Gasteiger partial charge in [0.25, 0.3) is 0 Å². The van der Waals surface area contributed by atoms with Gasteiger partial charge in [0.05, 0.1) is 24.0 Å². The van der Waals surface area contributed by atoms with Crippen LogP contribution in [0.3, 0.4) is 0 Å². The van der Waals surface area contributed by atoms with E-state index in [9.17, 15) is 0 Å². The Labute approximate surface area is 334 Å². The Hall–Kier alpha value is -6.02. The maximum absolute atomic E-state index is 6.60. The third-order valence-electron chi connectivity index (χ3n) is 12.3. The van der Waals surface area contributed by atoms with Crippen LogP contribution in [0.25, 0.3) is 77.5 Å². The molecule has 0 amide bonds. The summed E-state index contributed by atoms with van der Waals surface area (Å²) in [6.07, 6.45) is 11.2. The van der Waals surface area contributed by atoms with E-state index in [2.05, 4.69) is 178 Å². The fourth-order valence-electron chi connectivity index (χ4n) is 9.63. The Kier molecular flexibility index (Phi) is 7.73. The number of aryl methyl sites for hydroxylation is 1. The van der Waals surface area contributed by atoms with E-state index in [4.69, 9.17) is 4.42 Å². The maximum atomic E-state index is 6.60. The lowest BCUT2D eigenvalue weighted by molar-refractivity contribution is 0.231. The van der Waals surface area contributed by atoms with Gasteiger partial charge in [-0.25, -0.2) is 0 Å². The van der Waals surface area contributed by atoms with Gasteiger partial charge in [-0.15, -0.1) is 11.3 Å². The van der Waals surface area contributed by atoms with Crippen LogP contribution in [-0.2, 0) is 6.42 Å². The molecule has 3 aromatic heterocycles. The van der Waals surface area contributed by atoms with Crippen molar-refractivity contribution < 1.29 is 4.42 Å². The number of para-hydroxylation sites is 1. The smallest absolute Gasteiger partial charge is 0.137 e. The lowest BCUT2D eigenvalue weighted by Crippen LogP contribution is -2.60. The number of thiophene rings is 1. The quantitative estimate of drug-likeness (QED) is 0.164. The molecule has 0 saturated carbocycles. The first-order valence-corrected chi connectivity index (χ1v) is 21.0. The molecule has 2 aliphatic carbocycles. The molecule has 0 spiro atoms. The van der Waals surface area contributed by atoms with Crippen molar-refractivity contribution >= 4 is 72.0 Å². The molecule has 57 heavy (non-hydrogen) atoms. The molecular formula is C51H40N4OS. The van der Waals surface area contributed by atoms with Crippen molar-refractivity contribution in [3.8, 4) is 16.8 Å². The zero-order valence-corrected chi connectivity index (χ0v) is 32.2. The number of furan rings is 1. The number of aromatic nitrogens is 1. The van der Waals surface area contributed by atoms with E-state index in [1.807, 2.05) is 11.3 Å². The summed E-state index contributed by atoms with van der Waals surface area (Å²) >= 11 is 1.94. The minimum absolute atomic E-state index is 0.00635. The topological polar surface area (TPSA) is 54.2 Å². The molecule has 2 unspecified atom stereocenters. The van der Waals surface area contributed by atoms with E-state index in [1.165, 1.54) is 69.8 Å². The number of hydrogen-bond donors (Lipinski definition) is 3. The molecule has 6 heteroatoms. The maximum Gasteiger partial charge on any atom is 0.137 e. The Balaban J connectivity index is 0.957. The number of nitrogens with zero attached hydrogens (tertiary/aromatic N) is 1. The fraction of sp³-hybridized carbons (Fsp3) is 0.137. The molecule has 276 valence electrons. The van der Waals surface area contributed by atoms with E-state index in [0.29, 0.717) is 0 Å². The molecule has 3 N–H and O–H groups in total. The second-order valence-electron chi connectivity index (χ2n) is 15.6. The van der Waals surface area contributed by atoms with Gasteiger partial charge in [0, 0.05) is 48.2 Å². The van der Waals surface area contributed by atoms with Gasteiger partial charge in [-0.1, -0.05) is 115 Å². The molecule has 6 aromatic carbocycles. The van der Waals surface area contributed by atoms with Gasteiger partial charge < -0.3 is 8.98 Å². The van der Waals surface area contributed by atoms with Crippen LogP contribution in [0.2, 0.25) is 0 Å². The van der Waals surface area contributed by atoms with Gasteiger partial charge in [-0.3, -0.25) is 16.0 Å². The van der Waals surface area contributed by atoms with Crippen molar-refractivity contribution in [1.29, 1.82) is 0 Å². The lowest BCUT2D eigenvalue weighted by atomic mass is 9.97. The molecule has 1 aliphatic heterocycles. The van der Waals surface area contributed by atoms with Gasteiger partial charge in [0.1, 0.15) is 11.2 Å². The summed E-state index contributed by atoms with van der Waals surface area (Å²) in [7, 11) is 0. The predicted octanol–water partition coefficient (Wildman–Crippen LogP) is 10.6. The number of hydrogen-bond acceptors (Lipinski definition) is 5. The van der Waals surface area contributed by atoms with Crippen LogP contribution in [0.5, 0.6) is 0 Å². The summed E-state index contributed by atoms with van der Waals surface area (Å²) < 4.78 is 11.7. The molecule has 12 rings (SSSR count). The van der Waals surface area contributed by atoms with Gasteiger partial charge in [0.2, 0.25) is 0 Å². The number of rotatable bonds is 5. The average Bonchev–Trinajstić information content (AvgIpc) is 3.96. The average molecular weight is 757 g/mol. The summed E-state index contributed by atoms with van der Waals surface area (Å²) in [4.78, 5) is 0. The van der Waals surface area contributed by atoms with Crippen LogP contribution < -0.4 is 25.7 Å². The number of fused-ring (bicyclic) bond motifs is 9. The van der Waals surface area contributed by atoms with Crippen molar-refractivity contribution in [1.82, 2.24) is 20.5 Å². The predicted molar refractivity (Wildman–Crippen MR) is 237 cm³/mol. The van der Waals surface area contributed by atoms with Crippen LogP contribution in [-0.4, -0.2) is 10.7 Å². The standard InChI is InChI=1S/C51H40N4OS/c1-3-13-31(14-4-1)49-52-50(32-15-5-2-6-16-32)54-51(53-49)41-22-12-21-40-39-20-11-19-35(47(39)57-48(40)41)33-25-28-45-42(29-33)38-27-26-34(30-46(38)56-45)55-43-23-9-7-17-36(43)37-18-8-10-24-44(37)55/h1-7,9-11,13-17,19-21,23-30,49-54H,8,12,18,22H2. The minimum atomic E-state index is 0.00635. The highest BCUT2D eigenvalue weighted by Gasteiger charge is 2.32. The first-order valence-electron chi connectivity index (χ1n) is 20.1. The van der Waals surface area contributed by atoms with Crippen molar-refractivity contribution in [3.05, 3.63) is 178 Å². The van der Waals surface area contributed by atoms with Crippen molar-refractivity contribution in [2.75, 3.05) is 0 Å². The second-order valence-corrected chi connectivity index (χ2v) is 16.6. The number of allylic oxidation sites excluding steroid dienone is 1.